The van der Waals surface area contributed by atoms with Gasteiger partial charge in [0.25, 0.3) is 0 Å². The predicted molar refractivity (Wildman–Crippen MR) is 113 cm³/mol. The third-order valence-electron chi connectivity index (χ3n) is 5.26. The van der Waals surface area contributed by atoms with Gasteiger partial charge in [-0.05, 0) is 39.9 Å². The normalized spacial score (nSPS) is 14.5. The number of hydrogen-bond acceptors (Lipinski definition) is 5. The number of fused-ring (bicyclic) bond motifs is 3. The molecule has 1 amide bonds. The lowest BCUT2D eigenvalue weighted by atomic mass is 9.98. The van der Waals surface area contributed by atoms with E-state index < -0.39 is 18.3 Å². The Morgan fingerprint density at radius 2 is 1.70 bits per heavy atom. The van der Waals surface area contributed by atoms with Crippen LogP contribution in [0.5, 0.6) is 0 Å². The van der Waals surface area contributed by atoms with E-state index in [-0.39, 0.29) is 24.2 Å². The lowest BCUT2D eigenvalue weighted by Gasteiger charge is -2.19. The number of pyridine rings is 1. The molecule has 0 saturated carbocycles. The van der Waals surface area contributed by atoms with Crippen molar-refractivity contribution in [2.24, 2.45) is 0 Å². The van der Waals surface area contributed by atoms with Gasteiger partial charge in [-0.15, -0.1) is 0 Å². The van der Waals surface area contributed by atoms with Crippen molar-refractivity contribution >= 4 is 17.7 Å². The maximum atomic E-state index is 12.2. The molecule has 6 nitrogen and oxygen atoms in total. The lowest BCUT2D eigenvalue weighted by molar-refractivity contribution is 0.0185. The average Bonchev–Trinajstić information content (AvgIpc) is 3.09. The van der Waals surface area contributed by atoms with Gasteiger partial charge >= 0.3 is 6.09 Å². The van der Waals surface area contributed by atoms with Crippen molar-refractivity contribution in [2.75, 3.05) is 13.2 Å². The summed E-state index contributed by atoms with van der Waals surface area (Å²) in [6.07, 6.45) is -1.65. The summed E-state index contributed by atoms with van der Waals surface area (Å²) in [6, 6.07) is 19.2. The van der Waals surface area contributed by atoms with E-state index in [0.29, 0.717) is 5.56 Å². The number of benzene rings is 2. The van der Waals surface area contributed by atoms with E-state index in [0.717, 1.165) is 22.3 Å². The van der Waals surface area contributed by atoms with Crippen LogP contribution in [0.1, 0.15) is 28.7 Å². The summed E-state index contributed by atoms with van der Waals surface area (Å²) in [4.78, 5) is 16.0. The first-order valence-electron chi connectivity index (χ1n) is 9.61. The molecule has 0 saturated heterocycles. The van der Waals surface area contributed by atoms with Crippen LogP contribution in [-0.4, -0.2) is 40.5 Å². The number of rotatable bonds is 6. The highest BCUT2D eigenvalue weighted by Gasteiger charge is 2.29. The van der Waals surface area contributed by atoms with Crippen molar-refractivity contribution < 1.29 is 19.7 Å². The van der Waals surface area contributed by atoms with Crippen molar-refractivity contribution in [2.45, 2.75) is 18.1 Å². The summed E-state index contributed by atoms with van der Waals surface area (Å²) in [7, 11) is 0. The molecule has 2 aromatic carbocycles. The van der Waals surface area contributed by atoms with Gasteiger partial charge in [0, 0.05) is 18.7 Å². The van der Waals surface area contributed by atoms with Crippen molar-refractivity contribution in [3.8, 4) is 11.1 Å². The minimum atomic E-state index is -1.22. The van der Waals surface area contributed by atoms with Gasteiger partial charge in [-0.3, -0.25) is 0 Å². The predicted octanol–water partition coefficient (Wildman–Crippen LogP) is 3.67. The average molecular weight is 425 g/mol. The Morgan fingerprint density at radius 3 is 2.33 bits per heavy atom. The Bertz CT molecular complexity index is 1010. The van der Waals surface area contributed by atoms with Gasteiger partial charge in [0.15, 0.2) is 0 Å². The molecule has 2 unspecified atom stereocenters. The fourth-order valence-corrected chi connectivity index (χ4v) is 3.95. The number of aliphatic hydroxyl groups is 2. The Labute approximate surface area is 179 Å². The Hall–Kier alpha value is -2.93. The smallest absolute Gasteiger partial charge is 0.407 e. The summed E-state index contributed by atoms with van der Waals surface area (Å²) in [6.45, 7) is 0.0102. The van der Waals surface area contributed by atoms with Crippen LogP contribution < -0.4 is 5.32 Å². The van der Waals surface area contributed by atoms with Crippen molar-refractivity contribution in [1.82, 2.24) is 10.3 Å². The second kappa shape index (κ2) is 8.83. The van der Waals surface area contributed by atoms with E-state index in [2.05, 4.69) is 22.4 Å². The minimum Gasteiger partial charge on any atom is -0.449 e. The second-order valence-corrected chi connectivity index (χ2v) is 7.52. The summed E-state index contributed by atoms with van der Waals surface area (Å²) >= 11 is 5.80. The third-order valence-corrected chi connectivity index (χ3v) is 5.46. The number of carbonyl (C=O) groups is 1. The number of halogens is 1. The summed E-state index contributed by atoms with van der Waals surface area (Å²) < 4.78 is 5.42. The molecule has 0 bridgehead atoms. The molecule has 4 rings (SSSR count). The van der Waals surface area contributed by atoms with E-state index in [1.807, 2.05) is 36.4 Å². The first-order valence-corrected chi connectivity index (χ1v) is 9.99. The van der Waals surface area contributed by atoms with Gasteiger partial charge in [-0.25, -0.2) is 9.78 Å². The van der Waals surface area contributed by atoms with Crippen molar-refractivity contribution in [1.29, 1.82) is 0 Å². The number of carbonyl (C=O) groups excluding carboxylic acids is 1. The molecule has 154 valence electrons. The maximum absolute atomic E-state index is 12.2. The van der Waals surface area contributed by atoms with E-state index in [4.69, 9.17) is 16.3 Å². The molecule has 1 aromatic heterocycles. The SMILES string of the molecule is O=C(NCC(O)C(O)c1ccnc(Cl)c1)OCC1c2ccccc2-c2ccccc21. The number of aliphatic hydroxyl groups excluding tert-OH is 2. The molecule has 1 heterocycles. The van der Waals surface area contributed by atoms with Crippen LogP contribution in [-0.2, 0) is 4.74 Å². The zero-order chi connectivity index (χ0) is 21.1. The van der Waals surface area contributed by atoms with Crippen LogP contribution >= 0.6 is 11.6 Å². The van der Waals surface area contributed by atoms with Crippen molar-refractivity contribution in [3.05, 3.63) is 88.7 Å². The zero-order valence-electron chi connectivity index (χ0n) is 16.0. The van der Waals surface area contributed by atoms with E-state index in [9.17, 15) is 15.0 Å². The van der Waals surface area contributed by atoms with Gasteiger partial charge in [-0.2, -0.15) is 0 Å². The number of amides is 1. The molecule has 2 atom stereocenters. The fraction of sp³-hybridized carbons (Fsp3) is 0.217. The molecular weight excluding hydrogens is 404 g/mol. The molecule has 1 aliphatic rings. The van der Waals surface area contributed by atoms with Crippen LogP contribution in [0.15, 0.2) is 66.9 Å². The summed E-state index contributed by atoms with van der Waals surface area (Å²) in [5.41, 5.74) is 4.96. The van der Waals surface area contributed by atoms with E-state index in [1.54, 1.807) is 6.07 Å². The highest BCUT2D eigenvalue weighted by atomic mass is 35.5. The highest BCUT2D eigenvalue weighted by molar-refractivity contribution is 6.29. The van der Waals surface area contributed by atoms with Gasteiger partial charge in [0.05, 0.1) is 0 Å². The second-order valence-electron chi connectivity index (χ2n) is 7.13. The molecule has 7 heteroatoms. The molecule has 0 aliphatic heterocycles. The van der Waals surface area contributed by atoms with E-state index in [1.165, 1.54) is 12.3 Å². The number of aromatic nitrogens is 1. The first-order chi connectivity index (χ1) is 14.5. The largest absolute Gasteiger partial charge is 0.449 e. The lowest BCUT2D eigenvalue weighted by Crippen LogP contribution is -2.36. The summed E-state index contributed by atoms with van der Waals surface area (Å²) in [5, 5.41) is 23.1. The molecular formula is C23H21ClN2O4. The zero-order valence-corrected chi connectivity index (χ0v) is 16.8. The van der Waals surface area contributed by atoms with Gasteiger partial charge in [-0.1, -0.05) is 60.1 Å². The van der Waals surface area contributed by atoms with Crippen LogP contribution in [0, 0.1) is 0 Å². The molecule has 0 spiro atoms. The molecule has 3 N–H and O–H groups in total. The summed E-state index contributed by atoms with van der Waals surface area (Å²) in [5.74, 6) is -0.0439. The molecule has 0 fully saturated rings. The van der Waals surface area contributed by atoms with E-state index >= 15 is 0 Å². The van der Waals surface area contributed by atoms with Crippen LogP contribution in [0.4, 0.5) is 4.79 Å². The number of nitrogens with zero attached hydrogens (tertiary/aromatic N) is 1. The minimum absolute atomic E-state index is 0.0439. The van der Waals surface area contributed by atoms with Crippen molar-refractivity contribution in [3.63, 3.8) is 0 Å². The maximum Gasteiger partial charge on any atom is 0.407 e. The van der Waals surface area contributed by atoms with Crippen LogP contribution in [0.3, 0.4) is 0 Å². The standard InChI is InChI=1S/C23H21ClN2O4/c24-21-11-14(9-10-25-21)22(28)20(27)12-26-23(29)30-13-19-17-7-3-1-5-15(17)16-6-2-4-8-18(16)19/h1-11,19-20,22,27-28H,12-13H2,(H,26,29). The Balaban J connectivity index is 1.34. The molecule has 1 aliphatic carbocycles. The topological polar surface area (TPSA) is 91.7 Å². The molecule has 0 radical (unpaired) electrons. The number of ether oxygens (including phenoxy) is 1. The van der Waals surface area contributed by atoms with Gasteiger partial charge in [0.1, 0.15) is 24.0 Å². The third kappa shape index (κ3) is 4.16. The number of alkyl carbamates (subject to hydrolysis) is 1. The quantitative estimate of drug-likeness (QED) is 0.525. The number of hydrogen-bond donors (Lipinski definition) is 3. The van der Waals surface area contributed by atoms with Crippen LogP contribution in [0.2, 0.25) is 5.15 Å². The fourth-order valence-electron chi connectivity index (χ4n) is 3.77. The number of nitrogens with one attached hydrogen (secondary N) is 1. The van der Waals surface area contributed by atoms with Crippen LogP contribution in [0.25, 0.3) is 11.1 Å². The Morgan fingerprint density at radius 1 is 1.07 bits per heavy atom. The molecule has 3 aromatic rings. The highest BCUT2D eigenvalue weighted by Crippen LogP contribution is 2.44. The van der Waals surface area contributed by atoms with Gasteiger partial charge < -0.3 is 20.3 Å². The van der Waals surface area contributed by atoms with Gasteiger partial charge in [0.2, 0.25) is 0 Å². The Kier molecular flexibility index (Phi) is 5.99. The molecule has 30 heavy (non-hydrogen) atoms. The first kappa shape index (κ1) is 20.3. The monoisotopic (exact) mass is 424 g/mol.